The number of rotatable bonds is 10. The van der Waals surface area contributed by atoms with Crippen LogP contribution in [-0.2, 0) is 0 Å². The summed E-state index contributed by atoms with van der Waals surface area (Å²) < 4.78 is 25.8. The first-order valence-electron chi connectivity index (χ1n) is 11.1. The van der Waals surface area contributed by atoms with Gasteiger partial charge in [0.1, 0.15) is 22.8 Å². The molecule has 4 rings (SSSR count). The first kappa shape index (κ1) is 23.1. The Balaban J connectivity index is 1.62. The van der Waals surface area contributed by atoms with Crippen molar-refractivity contribution in [1.82, 2.24) is 20.6 Å². The zero-order valence-electron chi connectivity index (χ0n) is 18.6. The smallest absolute Gasteiger partial charge is 0.242 e. The van der Waals surface area contributed by atoms with Gasteiger partial charge in [-0.05, 0) is 48.0 Å². The van der Waals surface area contributed by atoms with E-state index in [2.05, 4.69) is 27.5 Å². The summed E-state index contributed by atoms with van der Waals surface area (Å²) in [5, 5.41) is 13.0. The quantitative estimate of drug-likeness (QED) is 0.262. The van der Waals surface area contributed by atoms with E-state index in [-0.39, 0.29) is 39.4 Å². The van der Waals surface area contributed by atoms with E-state index in [1.807, 2.05) is 0 Å². The number of aromatic nitrogens is 4. The lowest BCUT2D eigenvalue weighted by Gasteiger charge is -2.10. The molecule has 0 aliphatic carbocycles. The lowest BCUT2D eigenvalue weighted by molar-refractivity contribution is 0.103. The lowest BCUT2D eigenvalue weighted by Crippen LogP contribution is -2.13. The largest absolute Gasteiger partial charge is 0.494 e. The van der Waals surface area contributed by atoms with Crippen molar-refractivity contribution < 1.29 is 18.3 Å². The van der Waals surface area contributed by atoms with Gasteiger partial charge in [-0.25, -0.2) is 4.39 Å². The van der Waals surface area contributed by atoms with Crippen LogP contribution < -0.4 is 15.9 Å². The number of unbranched alkanes of at least 4 members (excludes halogenated alkanes) is 4. The molecule has 9 nitrogen and oxygen atoms in total. The molecule has 0 fully saturated rings. The van der Waals surface area contributed by atoms with Gasteiger partial charge in [0.15, 0.2) is 5.78 Å². The number of nitrogens with zero attached hydrogens (tertiary/aromatic N) is 3. The minimum atomic E-state index is -0.766. The van der Waals surface area contributed by atoms with Gasteiger partial charge in [-0.3, -0.25) is 9.59 Å². The Bertz CT molecular complexity index is 1350. The molecule has 0 saturated carbocycles. The van der Waals surface area contributed by atoms with Gasteiger partial charge in [0, 0.05) is 5.56 Å². The van der Waals surface area contributed by atoms with Gasteiger partial charge < -0.3 is 14.9 Å². The van der Waals surface area contributed by atoms with Gasteiger partial charge in [-0.2, -0.15) is 5.21 Å². The fourth-order valence-electron chi connectivity index (χ4n) is 3.62. The molecule has 176 valence electrons. The maximum atomic E-state index is 14.3. The molecule has 0 aliphatic rings. The minimum absolute atomic E-state index is 0.0598. The number of carbonyl (C=O) groups is 1. The SMILES string of the molecule is CCCCCCCOc1ccc(C(=O)c2cc(F)cc3c(=O)c(N)c(-c4nn[nH]n4)oc23)cc1. The molecule has 0 atom stereocenters. The number of hydrogen-bond acceptors (Lipinski definition) is 8. The highest BCUT2D eigenvalue weighted by Crippen LogP contribution is 2.29. The Morgan fingerprint density at radius 2 is 1.91 bits per heavy atom. The van der Waals surface area contributed by atoms with Crippen LogP contribution >= 0.6 is 0 Å². The van der Waals surface area contributed by atoms with E-state index >= 15 is 0 Å². The topological polar surface area (TPSA) is 137 Å². The zero-order chi connectivity index (χ0) is 24.1. The molecule has 34 heavy (non-hydrogen) atoms. The summed E-state index contributed by atoms with van der Waals surface area (Å²) in [4.78, 5) is 26.0. The summed E-state index contributed by atoms with van der Waals surface area (Å²) >= 11 is 0. The van der Waals surface area contributed by atoms with Crippen LogP contribution in [-0.4, -0.2) is 33.0 Å². The van der Waals surface area contributed by atoms with Gasteiger partial charge in [0.25, 0.3) is 0 Å². The van der Waals surface area contributed by atoms with Crippen molar-refractivity contribution in [3.8, 4) is 17.3 Å². The van der Waals surface area contributed by atoms with E-state index in [0.717, 1.165) is 25.0 Å². The Kier molecular flexibility index (Phi) is 6.95. The van der Waals surface area contributed by atoms with E-state index in [9.17, 15) is 14.0 Å². The van der Waals surface area contributed by atoms with Crippen molar-refractivity contribution in [2.45, 2.75) is 39.0 Å². The average Bonchev–Trinajstić information content (AvgIpc) is 3.38. The third-order valence-corrected chi connectivity index (χ3v) is 5.42. The van der Waals surface area contributed by atoms with Crippen molar-refractivity contribution >= 4 is 22.4 Å². The van der Waals surface area contributed by atoms with Gasteiger partial charge >= 0.3 is 0 Å². The van der Waals surface area contributed by atoms with Crippen LogP contribution in [0.5, 0.6) is 5.75 Å². The fourth-order valence-corrected chi connectivity index (χ4v) is 3.62. The molecule has 0 spiro atoms. The summed E-state index contributed by atoms with van der Waals surface area (Å²) in [5.41, 5.74) is 4.90. The number of hydrogen-bond donors (Lipinski definition) is 2. The predicted molar refractivity (Wildman–Crippen MR) is 124 cm³/mol. The fraction of sp³-hybridized carbons (Fsp3) is 0.292. The molecule has 0 aliphatic heterocycles. The number of tetrazole rings is 1. The summed E-state index contributed by atoms with van der Waals surface area (Å²) in [6.07, 6.45) is 5.66. The zero-order valence-corrected chi connectivity index (χ0v) is 18.6. The number of halogens is 1. The number of aromatic amines is 1. The average molecular weight is 465 g/mol. The molecule has 0 radical (unpaired) electrons. The standard InChI is InChI=1S/C24H24FN5O4/c1-2-3-4-5-6-11-33-16-9-7-14(8-10-16)20(31)17-12-15(25)13-18-21(32)19(26)23(34-22(17)18)24-27-29-30-28-24/h7-10,12-13H,2-6,11,26H2,1H3,(H,27,28,29,30). The van der Waals surface area contributed by atoms with Crippen LogP contribution in [0.15, 0.2) is 45.6 Å². The molecular formula is C24H24FN5O4. The van der Waals surface area contributed by atoms with Gasteiger partial charge in [0.05, 0.1) is 17.6 Å². The van der Waals surface area contributed by atoms with Gasteiger partial charge in [-0.1, -0.05) is 32.6 Å². The summed E-state index contributed by atoms with van der Waals surface area (Å²) in [7, 11) is 0. The van der Waals surface area contributed by atoms with Crippen LogP contribution in [0.3, 0.4) is 0 Å². The number of fused-ring (bicyclic) bond motifs is 1. The monoisotopic (exact) mass is 465 g/mol. The number of ether oxygens (including phenoxy) is 1. The molecular weight excluding hydrogens is 441 g/mol. The van der Waals surface area contributed by atoms with Crippen molar-refractivity contribution in [3.63, 3.8) is 0 Å². The molecule has 2 aromatic heterocycles. The van der Waals surface area contributed by atoms with Gasteiger partial charge in [-0.15, -0.1) is 10.2 Å². The number of carbonyl (C=O) groups excluding carboxylic acids is 1. The number of ketones is 1. The number of nitrogen functional groups attached to an aromatic ring is 1. The Labute approximate surface area is 194 Å². The van der Waals surface area contributed by atoms with Crippen molar-refractivity contribution in [1.29, 1.82) is 0 Å². The van der Waals surface area contributed by atoms with Crippen LogP contribution in [0.4, 0.5) is 10.1 Å². The molecule has 4 aromatic rings. The molecule has 10 heteroatoms. The van der Waals surface area contributed by atoms with E-state index in [0.29, 0.717) is 12.4 Å². The molecule has 0 saturated heterocycles. The number of nitrogens with two attached hydrogens (primary N) is 1. The molecule has 0 bridgehead atoms. The predicted octanol–water partition coefficient (Wildman–Crippen LogP) is 4.27. The molecule has 3 N–H and O–H groups in total. The highest BCUT2D eigenvalue weighted by atomic mass is 19.1. The van der Waals surface area contributed by atoms with Crippen LogP contribution in [0.2, 0.25) is 0 Å². The van der Waals surface area contributed by atoms with Crippen molar-refractivity contribution in [2.24, 2.45) is 0 Å². The number of H-pyrrole nitrogens is 1. The highest BCUT2D eigenvalue weighted by molar-refractivity contribution is 6.15. The maximum Gasteiger partial charge on any atom is 0.242 e. The van der Waals surface area contributed by atoms with E-state index in [1.165, 1.54) is 19.3 Å². The van der Waals surface area contributed by atoms with E-state index in [4.69, 9.17) is 14.9 Å². The highest BCUT2D eigenvalue weighted by Gasteiger charge is 2.23. The first-order chi connectivity index (χ1) is 16.5. The summed E-state index contributed by atoms with van der Waals surface area (Å²) in [6.45, 7) is 2.76. The molecule has 2 heterocycles. The van der Waals surface area contributed by atoms with Crippen LogP contribution in [0, 0.1) is 5.82 Å². The molecule has 0 amide bonds. The molecule has 0 unspecified atom stereocenters. The van der Waals surface area contributed by atoms with Gasteiger partial charge in [0.2, 0.25) is 17.0 Å². The Morgan fingerprint density at radius 1 is 1.15 bits per heavy atom. The second-order valence-corrected chi connectivity index (χ2v) is 7.86. The third kappa shape index (κ3) is 4.80. The maximum absolute atomic E-state index is 14.3. The van der Waals surface area contributed by atoms with E-state index in [1.54, 1.807) is 24.3 Å². The van der Waals surface area contributed by atoms with Crippen molar-refractivity contribution in [3.05, 3.63) is 63.6 Å². The lowest BCUT2D eigenvalue weighted by atomic mass is 10.00. The summed E-state index contributed by atoms with van der Waals surface area (Å²) in [5.74, 6) is -0.875. The number of benzene rings is 2. The van der Waals surface area contributed by atoms with Crippen molar-refractivity contribution in [2.75, 3.05) is 12.3 Å². The normalized spacial score (nSPS) is 11.1. The van der Waals surface area contributed by atoms with E-state index < -0.39 is 17.0 Å². The second-order valence-electron chi connectivity index (χ2n) is 7.86. The third-order valence-electron chi connectivity index (χ3n) is 5.42. The summed E-state index contributed by atoms with van der Waals surface area (Å²) in [6, 6.07) is 8.53. The Hall–Kier alpha value is -4.08. The Morgan fingerprint density at radius 3 is 2.62 bits per heavy atom. The minimum Gasteiger partial charge on any atom is -0.494 e. The second kappa shape index (κ2) is 10.2. The first-order valence-corrected chi connectivity index (χ1v) is 11.1. The van der Waals surface area contributed by atoms with Crippen LogP contribution in [0.25, 0.3) is 22.6 Å². The number of nitrogens with one attached hydrogen (secondary N) is 1. The number of anilines is 1. The molecule has 2 aromatic carbocycles. The van der Waals surface area contributed by atoms with Crippen LogP contribution in [0.1, 0.15) is 54.9 Å².